The highest BCUT2D eigenvalue weighted by Gasteiger charge is 2.37. The molecule has 91 heavy (non-hydrogen) atoms. The van der Waals surface area contributed by atoms with Crippen LogP contribution in [0.2, 0.25) is 0 Å². The van der Waals surface area contributed by atoms with Crippen molar-refractivity contribution in [2.75, 3.05) is 16.5 Å². The number of aromatic nitrogens is 2. The maximum absolute atomic E-state index is 9.73. The summed E-state index contributed by atoms with van der Waals surface area (Å²) in [6.45, 7) is 38.7. The lowest BCUT2D eigenvalue weighted by Crippen LogP contribution is -2.34. The molecule has 1 aliphatic heterocycles. The van der Waals surface area contributed by atoms with Crippen molar-refractivity contribution in [2.24, 2.45) is 5.41 Å². The molecule has 1 aliphatic rings. The number of thiophene rings is 1. The fourth-order valence-corrected chi connectivity index (χ4v) is 14.3. The summed E-state index contributed by atoms with van der Waals surface area (Å²) in [5.41, 5.74) is 13.2. The molecule has 0 saturated heterocycles. The van der Waals surface area contributed by atoms with Crippen molar-refractivity contribution in [3.05, 3.63) is 227 Å². The number of hydrogen-bond acceptors (Lipinski definition) is 5. The average Bonchev–Trinajstić information content (AvgIpc) is 1.20. The van der Waals surface area contributed by atoms with Crippen LogP contribution in [-0.2, 0) is 21.7 Å². The molecule has 462 valence electrons. The molecule has 0 saturated carbocycles. The standard InChI is InChI=1S/C85H90N4OS/c1-52(2)64-30-26-31-65(53(3)4)77(64)56-43-61(49-63(44-56)90-62-35-36-68-74(50-62)89(76-48-57(39-40-86-76)85(17,18)84(14,15)16)73-38-37-67-66-29-22-25-34-75(66)91-80(67)78(68)73)87-51-88(72-33-24-23-32-71(72)87)79-69(54-27-20-19-21-28-54)46-60(83(11,12)13)47-70(79)55-41-58(81(5,6)7)45-59(42-55)82(8,9)10/h19-50,52-53H,51H2,1-18H3/i19D,20D,21D,27D,28D,40D,52D,53D. The van der Waals surface area contributed by atoms with Gasteiger partial charge in [-0.3, -0.25) is 4.57 Å². The molecule has 0 N–H and O–H groups in total. The van der Waals surface area contributed by atoms with E-state index in [1.54, 1.807) is 11.3 Å². The molecule has 4 heterocycles. The van der Waals surface area contributed by atoms with Gasteiger partial charge in [0.25, 0.3) is 0 Å². The number of ether oxygens (including phenoxy) is 1. The van der Waals surface area contributed by atoms with Crippen molar-refractivity contribution in [3.63, 3.8) is 0 Å². The van der Waals surface area contributed by atoms with Crippen LogP contribution in [0.25, 0.3) is 81.2 Å². The average molecular weight is 1220 g/mol. The Morgan fingerprint density at radius 2 is 1.11 bits per heavy atom. The molecule has 0 atom stereocenters. The molecule has 0 fully saturated rings. The predicted molar refractivity (Wildman–Crippen MR) is 393 cm³/mol. The van der Waals surface area contributed by atoms with Crippen LogP contribution < -0.4 is 14.5 Å². The largest absolute Gasteiger partial charge is 0.457 e. The molecular weight excluding hydrogens is 1130 g/mol. The number of anilines is 4. The SMILES string of the molecule is [2H]c1cc(C(C)(C)C(C)(C)C)cc(-n2c3cc(Oc4cc(-c5c(C([2H])(C)C)cccc5C([2H])(C)C)cc(N5CN(c6c(-c7cc(C(C)(C)C)cc(C(C)(C)C)c7)cc(C(C)(C)C)cc6-c6c([2H])c([2H])c([2H])c([2H])c6[2H])c6ccccc65)c4)ccc3c3c4sc5ccccc5c4ccc32)n1. The zero-order valence-corrected chi connectivity index (χ0v) is 57.1. The topological polar surface area (TPSA) is 33.5 Å². The van der Waals surface area contributed by atoms with E-state index < -0.39 is 35.3 Å². The Kier molecular flexibility index (Phi) is 12.9. The lowest BCUT2D eigenvalue weighted by Gasteiger charge is -2.39. The minimum Gasteiger partial charge on any atom is -0.457 e. The summed E-state index contributed by atoms with van der Waals surface area (Å²) in [5.74, 6) is -0.499. The number of pyridine rings is 1. The van der Waals surface area contributed by atoms with Crippen molar-refractivity contribution in [3.8, 4) is 50.7 Å². The van der Waals surface area contributed by atoms with Crippen LogP contribution in [0.15, 0.2) is 194 Å². The second kappa shape index (κ2) is 22.4. The van der Waals surface area contributed by atoms with E-state index in [0.29, 0.717) is 28.6 Å². The van der Waals surface area contributed by atoms with Gasteiger partial charge in [0.1, 0.15) is 24.0 Å². The van der Waals surface area contributed by atoms with Crippen molar-refractivity contribution < 1.29 is 15.7 Å². The third-order valence-corrected chi connectivity index (χ3v) is 20.6. The molecule has 13 rings (SSSR count). The van der Waals surface area contributed by atoms with Gasteiger partial charge in [-0.05, 0) is 167 Å². The lowest BCUT2D eigenvalue weighted by atomic mass is 9.65. The quantitative estimate of drug-likeness (QED) is 0.129. The smallest absolute Gasteiger partial charge is 0.137 e. The first-order valence-corrected chi connectivity index (χ1v) is 32.8. The van der Waals surface area contributed by atoms with Gasteiger partial charge in [-0.1, -0.05) is 228 Å². The first-order valence-electron chi connectivity index (χ1n) is 36.0. The van der Waals surface area contributed by atoms with E-state index in [0.717, 1.165) is 99.2 Å². The number of fused-ring (bicyclic) bond motifs is 8. The predicted octanol–water partition coefficient (Wildman–Crippen LogP) is 25.1. The van der Waals surface area contributed by atoms with Crippen LogP contribution >= 0.6 is 11.3 Å². The summed E-state index contributed by atoms with van der Waals surface area (Å²) in [6, 6.07) is 52.9. The van der Waals surface area contributed by atoms with E-state index in [1.165, 1.54) is 15.5 Å². The van der Waals surface area contributed by atoms with E-state index in [2.05, 4.69) is 214 Å². The van der Waals surface area contributed by atoms with Gasteiger partial charge in [0.15, 0.2) is 0 Å². The zero-order valence-electron chi connectivity index (χ0n) is 64.3. The number of rotatable bonds is 11. The van der Waals surface area contributed by atoms with Gasteiger partial charge in [0.2, 0.25) is 0 Å². The van der Waals surface area contributed by atoms with Crippen molar-refractivity contribution in [1.82, 2.24) is 9.55 Å². The van der Waals surface area contributed by atoms with E-state index >= 15 is 0 Å². The van der Waals surface area contributed by atoms with Crippen LogP contribution in [0.1, 0.15) is 181 Å². The van der Waals surface area contributed by atoms with Gasteiger partial charge >= 0.3 is 0 Å². The van der Waals surface area contributed by atoms with Crippen LogP contribution in [0.3, 0.4) is 0 Å². The van der Waals surface area contributed by atoms with Gasteiger partial charge in [-0.2, -0.15) is 0 Å². The van der Waals surface area contributed by atoms with Gasteiger partial charge in [0.05, 0.1) is 36.3 Å². The van der Waals surface area contributed by atoms with Gasteiger partial charge in [0, 0.05) is 68.8 Å². The normalized spacial score (nSPS) is 15.0. The van der Waals surface area contributed by atoms with Gasteiger partial charge in [-0.15, -0.1) is 11.3 Å². The Morgan fingerprint density at radius 3 is 1.75 bits per heavy atom. The lowest BCUT2D eigenvalue weighted by molar-refractivity contribution is 0.225. The Hall–Kier alpha value is -8.45. The Bertz CT molecular complexity index is 5200. The third-order valence-electron chi connectivity index (χ3n) is 19.4. The highest BCUT2D eigenvalue weighted by molar-refractivity contribution is 7.26. The highest BCUT2D eigenvalue weighted by Crippen LogP contribution is 2.54. The second-order valence-corrected chi connectivity index (χ2v) is 31.2. The van der Waals surface area contributed by atoms with E-state index in [9.17, 15) is 9.60 Å². The summed E-state index contributed by atoms with van der Waals surface area (Å²) in [6.07, 6.45) is 0.177. The van der Waals surface area contributed by atoms with Crippen LogP contribution in [-0.4, -0.2) is 16.2 Å². The summed E-state index contributed by atoms with van der Waals surface area (Å²) in [4.78, 5) is 9.52. The highest BCUT2D eigenvalue weighted by atomic mass is 32.1. The molecule has 0 amide bonds. The van der Waals surface area contributed by atoms with E-state index in [-0.39, 0.29) is 52.1 Å². The van der Waals surface area contributed by atoms with Crippen LogP contribution in [0.4, 0.5) is 22.7 Å². The van der Waals surface area contributed by atoms with Crippen molar-refractivity contribution in [2.45, 2.75) is 158 Å². The molecule has 6 heteroatoms. The number of nitrogens with zero attached hydrogens (tertiary/aromatic N) is 4. The molecule has 0 aliphatic carbocycles. The minimum atomic E-state index is -1.10. The monoisotopic (exact) mass is 1220 g/mol. The second-order valence-electron chi connectivity index (χ2n) is 30.2. The molecule has 12 aromatic rings. The van der Waals surface area contributed by atoms with E-state index in [1.807, 2.05) is 82.3 Å². The fraction of sp³-hybridized carbons (Fsp3) is 0.306. The maximum Gasteiger partial charge on any atom is 0.137 e. The molecule has 9 aromatic carbocycles. The maximum atomic E-state index is 9.73. The molecule has 3 aromatic heterocycles. The van der Waals surface area contributed by atoms with Crippen molar-refractivity contribution in [1.29, 1.82) is 0 Å². The molecule has 0 unspecified atom stereocenters. The molecule has 0 bridgehead atoms. The van der Waals surface area contributed by atoms with Crippen LogP contribution in [0, 0.1) is 5.41 Å². The van der Waals surface area contributed by atoms with Gasteiger partial charge in [-0.25, -0.2) is 4.98 Å². The Balaban J connectivity index is 1.07. The summed E-state index contributed by atoms with van der Waals surface area (Å²) < 4.78 is 87.3. The number of benzene rings is 9. The minimum absolute atomic E-state index is 0.113. The summed E-state index contributed by atoms with van der Waals surface area (Å²) >= 11 is 1.78. The Morgan fingerprint density at radius 1 is 0.505 bits per heavy atom. The molecule has 0 spiro atoms. The third kappa shape index (κ3) is 11.0. The Labute approximate surface area is 556 Å². The summed E-state index contributed by atoms with van der Waals surface area (Å²) in [5, 5.41) is 4.47. The first-order chi connectivity index (χ1) is 46.1. The number of hydrogen-bond donors (Lipinski definition) is 0. The molecule has 0 radical (unpaired) electrons. The van der Waals surface area contributed by atoms with E-state index in [4.69, 9.17) is 11.1 Å². The fourth-order valence-electron chi connectivity index (χ4n) is 13.1. The van der Waals surface area contributed by atoms with Crippen LogP contribution in [0.5, 0.6) is 11.5 Å². The molecule has 5 nitrogen and oxygen atoms in total. The zero-order chi connectivity index (χ0) is 71.5. The van der Waals surface area contributed by atoms with Crippen molar-refractivity contribution >= 4 is 76.1 Å². The number of para-hydroxylation sites is 2. The molecular formula is C85H90N4OS. The first kappa shape index (κ1) is 52.2. The van der Waals surface area contributed by atoms with Gasteiger partial charge < -0.3 is 14.5 Å². The summed E-state index contributed by atoms with van der Waals surface area (Å²) in [7, 11) is 0.